The number of benzene rings is 1. The topological polar surface area (TPSA) is 95.6 Å². The molecule has 0 unspecified atom stereocenters. The van der Waals surface area contributed by atoms with Gasteiger partial charge in [0.1, 0.15) is 0 Å². The largest absolute Gasteiger partial charge is 0.358 e. The van der Waals surface area contributed by atoms with Gasteiger partial charge in [-0.05, 0) is 51.1 Å². The van der Waals surface area contributed by atoms with E-state index >= 15 is 0 Å². The molecule has 2 N–H and O–H groups in total. The highest BCUT2D eigenvalue weighted by atomic mass is 32.2. The Balaban J connectivity index is 3.32. The summed E-state index contributed by atoms with van der Waals surface area (Å²) in [6, 6.07) is 2.99. The summed E-state index contributed by atoms with van der Waals surface area (Å²) in [4.78, 5) is 25.5. The van der Waals surface area contributed by atoms with Crippen LogP contribution in [0.3, 0.4) is 0 Å². The van der Waals surface area contributed by atoms with Gasteiger partial charge in [0.25, 0.3) is 5.91 Å². The first-order valence-electron chi connectivity index (χ1n) is 7.22. The van der Waals surface area contributed by atoms with E-state index in [1.54, 1.807) is 26.8 Å². The summed E-state index contributed by atoms with van der Waals surface area (Å²) in [5.41, 5.74) is 1.53. The van der Waals surface area contributed by atoms with Crippen LogP contribution >= 0.6 is 0 Å². The highest BCUT2D eigenvalue weighted by Crippen LogP contribution is 2.22. The molecule has 0 spiro atoms. The second-order valence-electron chi connectivity index (χ2n) is 5.12. The number of sulfonamides is 1. The van der Waals surface area contributed by atoms with Crippen LogP contribution in [0, 0.1) is 13.8 Å². The minimum absolute atomic E-state index is 0.0688. The molecule has 1 rings (SSSR count). The van der Waals surface area contributed by atoms with Gasteiger partial charge in [0.2, 0.25) is 15.9 Å². The number of nitrogens with zero attached hydrogens (tertiary/aromatic N) is 1. The maximum Gasteiger partial charge on any atom is 0.254 e. The van der Waals surface area contributed by atoms with E-state index in [0.29, 0.717) is 17.7 Å². The van der Waals surface area contributed by atoms with Crippen LogP contribution in [0.5, 0.6) is 0 Å². The Morgan fingerprint density at radius 1 is 1.17 bits per heavy atom. The number of hydrogen-bond acceptors (Lipinski definition) is 4. The summed E-state index contributed by atoms with van der Waals surface area (Å²) < 4.78 is 26.5. The van der Waals surface area contributed by atoms with Crippen molar-refractivity contribution < 1.29 is 18.0 Å². The third kappa shape index (κ3) is 4.29. The lowest BCUT2D eigenvalue weighted by Crippen LogP contribution is -2.39. The van der Waals surface area contributed by atoms with Crippen LogP contribution < -0.4 is 10.0 Å². The molecule has 1 aromatic carbocycles. The molecular weight excluding hydrogens is 318 g/mol. The van der Waals surface area contributed by atoms with E-state index < -0.39 is 10.0 Å². The highest BCUT2D eigenvalue weighted by molar-refractivity contribution is 7.89. The number of carbonyl (C=O) groups is 2. The summed E-state index contributed by atoms with van der Waals surface area (Å²) in [5.74, 6) is -0.668. The molecule has 1 aromatic rings. The Labute approximate surface area is 137 Å². The predicted molar refractivity (Wildman–Crippen MR) is 87.8 cm³/mol. The summed E-state index contributed by atoms with van der Waals surface area (Å²) in [7, 11) is -0.851. The van der Waals surface area contributed by atoms with Crippen LogP contribution in [-0.2, 0) is 14.8 Å². The van der Waals surface area contributed by atoms with Crippen molar-refractivity contribution in [3.63, 3.8) is 0 Å². The molecule has 0 bridgehead atoms. The normalized spacial score (nSPS) is 11.2. The second-order valence-corrected chi connectivity index (χ2v) is 6.97. The van der Waals surface area contributed by atoms with Crippen LogP contribution in [-0.4, -0.2) is 52.3 Å². The van der Waals surface area contributed by atoms with E-state index in [4.69, 9.17) is 0 Å². The van der Waals surface area contributed by atoms with Crippen molar-refractivity contribution in [2.75, 3.05) is 27.2 Å². The van der Waals surface area contributed by atoms with E-state index in [-0.39, 0.29) is 28.8 Å². The van der Waals surface area contributed by atoms with Crippen molar-refractivity contribution in [3.05, 3.63) is 28.8 Å². The van der Waals surface area contributed by atoms with Crippen LogP contribution in [0.1, 0.15) is 28.4 Å². The van der Waals surface area contributed by atoms with E-state index in [0.717, 1.165) is 0 Å². The quantitative estimate of drug-likeness (QED) is 0.784. The Kier molecular flexibility index (Phi) is 6.28. The standard InChI is InChI=1S/C15H23N3O4S/c1-6-18(9-14(19)16-4)15(20)12-7-10(2)11(3)13(8-12)23(21,22)17-5/h7-8,17H,6,9H2,1-5H3,(H,16,19). The Morgan fingerprint density at radius 3 is 2.26 bits per heavy atom. The minimum Gasteiger partial charge on any atom is -0.358 e. The summed E-state index contributed by atoms with van der Waals surface area (Å²) in [5, 5.41) is 2.46. The first kappa shape index (κ1) is 19.1. The van der Waals surface area contributed by atoms with E-state index in [2.05, 4.69) is 10.0 Å². The molecule has 0 atom stereocenters. The Hall–Kier alpha value is -1.93. The molecule has 8 heteroatoms. The maximum absolute atomic E-state index is 12.6. The van der Waals surface area contributed by atoms with Gasteiger partial charge in [-0.1, -0.05) is 0 Å². The van der Waals surface area contributed by atoms with Gasteiger partial charge in [-0.15, -0.1) is 0 Å². The first-order chi connectivity index (χ1) is 10.7. The lowest BCUT2D eigenvalue weighted by atomic mass is 10.1. The molecule has 0 aliphatic heterocycles. The second kappa shape index (κ2) is 7.56. The van der Waals surface area contributed by atoms with Crippen LogP contribution in [0.25, 0.3) is 0 Å². The smallest absolute Gasteiger partial charge is 0.254 e. The zero-order valence-electron chi connectivity index (χ0n) is 14.1. The number of likely N-dealkylation sites (N-methyl/N-ethyl adjacent to an activating group) is 2. The lowest BCUT2D eigenvalue weighted by molar-refractivity contribution is -0.121. The zero-order valence-corrected chi connectivity index (χ0v) is 14.9. The first-order valence-corrected chi connectivity index (χ1v) is 8.70. The maximum atomic E-state index is 12.6. The monoisotopic (exact) mass is 341 g/mol. The molecule has 0 fully saturated rings. The van der Waals surface area contributed by atoms with E-state index in [1.807, 2.05) is 0 Å². The van der Waals surface area contributed by atoms with Crippen molar-refractivity contribution in [2.45, 2.75) is 25.7 Å². The van der Waals surface area contributed by atoms with Gasteiger partial charge in [0.05, 0.1) is 11.4 Å². The van der Waals surface area contributed by atoms with Crippen molar-refractivity contribution in [2.24, 2.45) is 0 Å². The molecule has 0 aliphatic carbocycles. The summed E-state index contributed by atoms with van der Waals surface area (Å²) in [6.07, 6.45) is 0. The van der Waals surface area contributed by atoms with Crippen molar-refractivity contribution in [3.8, 4) is 0 Å². The average Bonchev–Trinajstić information content (AvgIpc) is 2.53. The van der Waals surface area contributed by atoms with Crippen LogP contribution in [0.2, 0.25) is 0 Å². The third-order valence-electron chi connectivity index (χ3n) is 3.71. The predicted octanol–water partition coefficient (Wildman–Crippen LogP) is 0.420. The fourth-order valence-electron chi connectivity index (χ4n) is 2.10. The number of hydrogen-bond donors (Lipinski definition) is 2. The van der Waals surface area contributed by atoms with Crippen LogP contribution in [0.15, 0.2) is 17.0 Å². The number of aryl methyl sites for hydroxylation is 1. The summed E-state index contributed by atoms with van der Waals surface area (Å²) >= 11 is 0. The fourth-order valence-corrected chi connectivity index (χ4v) is 3.17. The van der Waals surface area contributed by atoms with Crippen molar-refractivity contribution >= 4 is 21.8 Å². The molecule has 0 saturated heterocycles. The van der Waals surface area contributed by atoms with Gasteiger partial charge >= 0.3 is 0 Å². The Morgan fingerprint density at radius 2 is 1.78 bits per heavy atom. The number of nitrogens with one attached hydrogen (secondary N) is 2. The van der Waals surface area contributed by atoms with Gasteiger partial charge in [-0.25, -0.2) is 13.1 Å². The van der Waals surface area contributed by atoms with Gasteiger partial charge in [-0.3, -0.25) is 9.59 Å². The third-order valence-corrected chi connectivity index (χ3v) is 5.25. The highest BCUT2D eigenvalue weighted by Gasteiger charge is 2.22. The van der Waals surface area contributed by atoms with Gasteiger partial charge in [0.15, 0.2) is 0 Å². The van der Waals surface area contributed by atoms with Gasteiger partial charge < -0.3 is 10.2 Å². The summed E-state index contributed by atoms with van der Waals surface area (Å²) in [6.45, 7) is 5.46. The number of rotatable bonds is 6. The molecule has 0 aromatic heterocycles. The minimum atomic E-state index is -3.67. The van der Waals surface area contributed by atoms with Crippen LogP contribution in [0.4, 0.5) is 0 Å². The van der Waals surface area contributed by atoms with E-state index in [1.165, 1.54) is 25.1 Å². The lowest BCUT2D eigenvalue weighted by Gasteiger charge is -2.21. The zero-order chi connectivity index (χ0) is 17.8. The van der Waals surface area contributed by atoms with E-state index in [9.17, 15) is 18.0 Å². The molecule has 0 heterocycles. The SMILES string of the molecule is CCN(CC(=O)NC)C(=O)c1cc(C)c(C)c(S(=O)(=O)NC)c1. The molecule has 0 saturated carbocycles. The molecule has 2 amide bonds. The molecular formula is C15H23N3O4S. The molecule has 0 radical (unpaired) electrons. The average molecular weight is 341 g/mol. The molecule has 0 aliphatic rings. The fraction of sp³-hybridized carbons (Fsp3) is 0.467. The molecule has 7 nitrogen and oxygen atoms in total. The van der Waals surface area contributed by atoms with Gasteiger partial charge in [0, 0.05) is 19.2 Å². The molecule has 128 valence electrons. The Bertz CT molecular complexity index is 714. The van der Waals surface area contributed by atoms with Crippen molar-refractivity contribution in [1.29, 1.82) is 0 Å². The van der Waals surface area contributed by atoms with Gasteiger partial charge in [-0.2, -0.15) is 0 Å². The van der Waals surface area contributed by atoms with Crippen molar-refractivity contribution in [1.82, 2.24) is 14.9 Å². The number of carbonyl (C=O) groups excluding carboxylic acids is 2. The molecule has 23 heavy (non-hydrogen) atoms. The number of amides is 2.